The minimum absolute atomic E-state index is 0.107. The SMILES string of the molecule is O=C(C1CC(=O)N(c2ccc(Cl)cc2)C1)N1CCN(S(=O)(=O)c2c[nH]c3ncccc23)CC1. The van der Waals surface area contributed by atoms with Crippen molar-refractivity contribution in [1.29, 1.82) is 0 Å². The number of aromatic nitrogens is 2. The Labute approximate surface area is 196 Å². The van der Waals surface area contributed by atoms with E-state index in [2.05, 4.69) is 9.97 Å². The Morgan fingerprint density at radius 3 is 2.55 bits per heavy atom. The van der Waals surface area contributed by atoms with Gasteiger partial charge < -0.3 is 14.8 Å². The molecule has 0 saturated carbocycles. The first-order chi connectivity index (χ1) is 15.8. The molecule has 1 unspecified atom stereocenters. The maximum Gasteiger partial charge on any atom is 0.245 e. The van der Waals surface area contributed by atoms with Crippen LogP contribution >= 0.6 is 11.6 Å². The molecular formula is C22H22ClN5O4S. The number of carbonyl (C=O) groups is 2. The van der Waals surface area contributed by atoms with Crippen molar-refractivity contribution in [3.63, 3.8) is 0 Å². The number of pyridine rings is 1. The lowest BCUT2D eigenvalue weighted by molar-refractivity contribution is -0.136. The smallest absolute Gasteiger partial charge is 0.245 e. The lowest BCUT2D eigenvalue weighted by atomic mass is 10.1. The van der Waals surface area contributed by atoms with Crippen LogP contribution in [0.25, 0.3) is 11.0 Å². The second-order valence-electron chi connectivity index (χ2n) is 8.16. The van der Waals surface area contributed by atoms with Gasteiger partial charge in [-0.2, -0.15) is 4.31 Å². The Hall–Kier alpha value is -2.95. The summed E-state index contributed by atoms with van der Waals surface area (Å²) in [5.74, 6) is -0.672. The molecule has 2 fully saturated rings. The zero-order chi connectivity index (χ0) is 23.2. The third-order valence-electron chi connectivity index (χ3n) is 6.19. The third-order valence-corrected chi connectivity index (χ3v) is 8.38. The van der Waals surface area contributed by atoms with Crippen molar-refractivity contribution in [2.45, 2.75) is 11.3 Å². The largest absolute Gasteiger partial charge is 0.345 e. The highest BCUT2D eigenvalue weighted by atomic mass is 35.5. The number of anilines is 1. The summed E-state index contributed by atoms with van der Waals surface area (Å²) >= 11 is 5.92. The van der Waals surface area contributed by atoms with Crippen LogP contribution in [-0.2, 0) is 19.6 Å². The van der Waals surface area contributed by atoms with E-state index in [9.17, 15) is 18.0 Å². The number of nitrogens with one attached hydrogen (secondary N) is 1. The van der Waals surface area contributed by atoms with Crippen molar-refractivity contribution in [1.82, 2.24) is 19.2 Å². The van der Waals surface area contributed by atoms with Gasteiger partial charge in [0.2, 0.25) is 21.8 Å². The van der Waals surface area contributed by atoms with Crippen LogP contribution in [0.15, 0.2) is 53.7 Å². The summed E-state index contributed by atoms with van der Waals surface area (Å²) in [7, 11) is -3.72. The molecule has 3 aromatic rings. The normalized spacial score (nSPS) is 20.0. The Balaban J connectivity index is 1.24. The van der Waals surface area contributed by atoms with Gasteiger partial charge in [-0.3, -0.25) is 9.59 Å². The lowest BCUT2D eigenvalue weighted by Gasteiger charge is -2.35. The molecule has 1 atom stereocenters. The van der Waals surface area contributed by atoms with E-state index in [0.717, 1.165) is 0 Å². The molecule has 2 aliphatic rings. The summed E-state index contributed by atoms with van der Waals surface area (Å²) < 4.78 is 27.7. The fraction of sp³-hybridized carbons (Fsp3) is 0.318. The zero-order valence-electron chi connectivity index (χ0n) is 17.6. The highest BCUT2D eigenvalue weighted by Crippen LogP contribution is 2.29. The number of nitrogens with zero attached hydrogens (tertiary/aromatic N) is 4. The number of amides is 2. The Morgan fingerprint density at radius 2 is 1.82 bits per heavy atom. The minimum Gasteiger partial charge on any atom is -0.345 e. The third kappa shape index (κ3) is 3.98. The standard InChI is InChI=1S/C22H22ClN5O4S/c23-16-3-5-17(6-4-16)28-14-15(12-20(28)29)22(30)26-8-10-27(11-9-26)33(31,32)19-13-25-21-18(19)2-1-7-24-21/h1-7,13,15H,8-12,14H2,(H,24,25). The zero-order valence-corrected chi connectivity index (χ0v) is 19.2. The quantitative estimate of drug-likeness (QED) is 0.606. The van der Waals surface area contributed by atoms with E-state index in [0.29, 0.717) is 28.3 Å². The van der Waals surface area contributed by atoms with Gasteiger partial charge in [0, 0.05) is 67.6 Å². The minimum atomic E-state index is -3.72. The molecule has 2 saturated heterocycles. The Kier molecular flexibility index (Phi) is 5.59. The first-order valence-corrected chi connectivity index (χ1v) is 12.4. The number of rotatable bonds is 4. The van der Waals surface area contributed by atoms with E-state index in [1.165, 1.54) is 10.5 Å². The molecule has 0 bridgehead atoms. The summed E-state index contributed by atoms with van der Waals surface area (Å²) in [5.41, 5.74) is 1.23. The molecule has 0 spiro atoms. The molecule has 2 aliphatic heterocycles. The van der Waals surface area contributed by atoms with Gasteiger partial charge in [-0.1, -0.05) is 11.6 Å². The molecule has 2 aromatic heterocycles. The monoisotopic (exact) mass is 487 g/mol. The van der Waals surface area contributed by atoms with Gasteiger partial charge >= 0.3 is 0 Å². The van der Waals surface area contributed by atoms with Crippen LogP contribution in [0.2, 0.25) is 5.02 Å². The highest BCUT2D eigenvalue weighted by molar-refractivity contribution is 7.89. The van der Waals surface area contributed by atoms with Crippen LogP contribution in [0, 0.1) is 5.92 Å². The molecule has 0 radical (unpaired) electrons. The summed E-state index contributed by atoms with van der Waals surface area (Å²) in [5, 5.41) is 1.12. The average Bonchev–Trinajstić information content (AvgIpc) is 3.43. The molecule has 5 rings (SSSR count). The van der Waals surface area contributed by atoms with Crippen LogP contribution in [0.1, 0.15) is 6.42 Å². The second kappa shape index (κ2) is 8.44. The van der Waals surface area contributed by atoms with E-state index in [4.69, 9.17) is 11.6 Å². The lowest BCUT2D eigenvalue weighted by Crippen LogP contribution is -2.52. The molecule has 1 N–H and O–H groups in total. The molecular weight excluding hydrogens is 466 g/mol. The molecule has 9 nitrogen and oxygen atoms in total. The molecule has 0 aliphatic carbocycles. The Bertz CT molecular complexity index is 1320. The van der Waals surface area contributed by atoms with Crippen molar-refractivity contribution in [3.8, 4) is 0 Å². The number of hydrogen-bond acceptors (Lipinski definition) is 5. The van der Waals surface area contributed by atoms with Crippen LogP contribution < -0.4 is 4.90 Å². The average molecular weight is 488 g/mol. The molecule has 2 amide bonds. The van der Waals surface area contributed by atoms with Gasteiger partial charge in [-0.05, 0) is 36.4 Å². The number of sulfonamides is 1. The predicted molar refractivity (Wildman–Crippen MR) is 123 cm³/mol. The van der Waals surface area contributed by atoms with Gasteiger partial charge in [0.25, 0.3) is 0 Å². The summed E-state index contributed by atoms with van der Waals surface area (Å²) in [6.45, 7) is 1.26. The topological polar surface area (TPSA) is 107 Å². The first-order valence-electron chi connectivity index (χ1n) is 10.6. The number of aromatic amines is 1. The molecule has 11 heteroatoms. The second-order valence-corrected chi connectivity index (χ2v) is 10.5. The van der Waals surface area contributed by atoms with Crippen molar-refractivity contribution in [2.75, 3.05) is 37.6 Å². The van der Waals surface area contributed by atoms with Crippen LogP contribution in [0.4, 0.5) is 5.69 Å². The van der Waals surface area contributed by atoms with Crippen molar-refractivity contribution in [2.24, 2.45) is 5.92 Å². The molecule has 33 heavy (non-hydrogen) atoms. The fourth-order valence-electron chi connectivity index (χ4n) is 4.43. The number of benzene rings is 1. The van der Waals surface area contributed by atoms with Gasteiger partial charge in [0.1, 0.15) is 10.5 Å². The van der Waals surface area contributed by atoms with E-state index in [1.807, 2.05) is 0 Å². The number of piperazine rings is 1. The van der Waals surface area contributed by atoms with Crippen molar-refractivity contribution >= 4 is 50.2 Å². The predicted octanol–water partition coefficient (Wildman–Crippen LogP) is 2.10. The number of hydrogen-bond donors (Lipinski definition) is 1. The highest BCUT2D eigenvalue weighted by Gasteiger charge is 2.39. The number of carbonyl (C=O) groups excluding carboxylic acids is 2. The van der Waals surface area contributed by atoms with Crippen molar-refractivity contribution in [3.05, 3.63) is 53.8 Å². The summed E-state index contributed by atoms with van der Waals surface area (Å²) in [4.78, 5) is 36.1. The molecule has 172 valence electrons. The van der Waals surface area contributed by atoms with Gasteiger partial charge in [-0.15, -0.1) is 0 Å². The van der Waals surface area contributed by atoms with Crippen molar-refractivity contribution < 1.29 is 18.0 Å². The number of halogens is 1. The molecule has 4 heterocycles. The van der Waals surface area contributed by atoms with E-state index in [-0.39, 0.29) is 49.3 Å². The fourth-order valence-corrected chi connectivity index (χ4v) is 6.13. The van der Waals surface area contributed by atoms with E-state index in [1.54, 1.807) is 52.4 Å². The number of H-pyrrole nitrogens is 1. The van der Waals surface area contributed by atoms with Gasteiger partial charge in [0.15, 0.2) is 0 Å². The van der Waals surface area contributed by atoms with Crippen LogP contribution in [0.5, 0.6) is 0 Å². The first kappa shape index (κ1) is 21.9. The number of fused-ring (bicyclic) bond motifs is 1. The van der Waals surface area contributed by atoms with Crippen LogP contribution in [0.3, 0.4) is 0 Å². The maximum absolute atomic E-state index is 13.2. The summed E-state index contributed by atoms with van der Waals surface area (Å²) in [6, 6.07) is 10.4. The van der Waals surface area contributed by atoms with Gasteiger partial charge in [-0.25, -0.2) is 13.4 Å². The Morgan fingerprint density at radius 1 is 1.09 bits per heavy atom. The van der Waals surface area contributed by atoms with E-state index >= 15 is 0 Å². The van der Waals surface area contributed by atoms with E-state index < -0.39 is 15.9 Å². The molecule has 1 aromatic carbocycles. The van der Waals surface area contributed by atoms with Gasteiger partial charge in [0.05, 0.1) is 5.92 Å². The van der Waals surface area contributed by atoms with Crippen LogP contribution in [-0.4, -0.2) is 72.1 Å². The summed E-state index contributed by atoms with van der Waals surface area (Å²) in [6.07, 6.45) is 3.20. The maximum atomic E-state index is 13.2.